The molecule has 0 aliphatic carbocycles. The van der Waals surface area contributed by atoms with Crippen LogP contribution in [0.1, 0.15) is 41.8 Å². The van der Waals surface area contributed by atoms with E-state index >= 15 is 0 Å². The molecular weight excluding hydrogens is 296 g/mol. The van der Waals surface area contributed by atoms with Gasteiger partial charge in [-0.25, -0.2) is 9.97 Å². The van der Waals surface area contributed by atoms with Crippen LogP contribution in [0, 0.1) is 13.8 Å². The number of thiazole rings is 1. The second kappa shape index (κ2) is 5.53. The predicted octanol–water partition coefficient (Wildman–Crippen LogP) is 3.94. The highest BCUT2D eigenvalue weighted by molar-refractivity contribution is 7.13. The zero-order valence-electron chi connectivity index (χ0n) is 13.0. The molecule has 1 aromatic carbocycles. The second-order valence-electron chi connectivity index (χ2n) is 5.57. The number of nitrogens with one attached hydrogen (secondary N) is 1. The average molecular weight is 314 g/mol. The Morgan fingerprint density at radius 3 is 2.68 bits per heavy atom. The smallest absolute Gasteiger partial charge is 0.257 e. The SMILES string of the molecule is Cc1csc(NC(=O)c2ccc3c(c2)nc(C)n3C(C)C)n1. The van der Waals surface area contributed by atoms with Gasteiger partial charge in [-0.1, -0.05) is 0 Å². The number of rotatable bonds is 3. The summed E-state index contributed by atoms with van der Waals surface area (Å²) in [6, 6.07) is 5.95. The van der Waals surface area contributed by atoms with E-state index < -0.39 is 0 Å². The molecule has 3 aromatic rings. The lowest BCUT2D eigenvalue weighted by molar-refractivity contribution is 0.102. The topological polar surface area (TPSA) is 59.8 Å². The van der Waals surface area contributed by atoms with Gasteiger partial charge in [-0.05, 0) is 45.9 Å². The summed E-state index contributed by atoms with van der Waals surface area (Å²) in [5, 5.41) is 5.35. The Morgan fingerprint density at radius 1 is 1.27 bits per heavy atom. The van der Waals surface area contributed by atoms with E-state index in [1.54, 1.807) is 0 Å². The Kier molecular flexibility index (Phi) is 3.70. The number of imidazole rings is 1. The number of aromatic nitrogens is 3. The molecule has 114 valence electrons. The van der Waals surface area contributed by atoms with Crippen molar-refractivity contribution in [2.75, 3.05) is 5.32 Å². The van der Waals surface area contributed by atoms with Crippen LogP contribution in [-0.2, 0) is 0 Å². The van der Waals surface area contributed by atoms with Crippen molar-refractivity contribution in [3.05, 3.63) is 40.7 Å². The van der Waals surface area contributed by atoms with Crippen molar-refractivity contribution in [3.63, 3.8) is 0 Å². The summed E-state index contributed by atoms with van der Waals surface area (Å²) in [6.45, 7) is 8.14. The van der Waals surface area contributed by atoms with Crippen molar-refractivity contribution in [2.45, 2.75) is 33.7 Å². The zero-order chi connectivity index (χ0) is 15.9. The number of anilines is 1. The van der Waals surface area contributed by atoms with E-state index in [2.05, 4.69) is 33.7 Å². The number of aryl methyl sites for hydroxylation is 2. The van der Waals surface area contributed by atoms with Crippen LogP contribution in [0.25, 0.3) is 11.0 Å². The first-order valence-electron chi connectivity index (χ1n) is 7.18. The molecule has 2 aromatic heterocycles. The minimum Gasteiger partial charge on any atom is -0.326 e. The minimum absolute atomic E-state index is 0.159. The summed E-state index contributed by atoms with van der Waals surface area (Å²) in [7, 11) is 0. The largest absolute Gasteiger partial charge is 0.326 e. The van der Waals surface area contributed by atoms with Crippen LogP contribution in [0.15, 0.2) is 23.6 Å². The maximum atomic E-state index is 12.3. The molecule has 0 fully saturated rings. The minimum atomic E-state index is -0.159. The maximum absolute atomic E-state index is 12.3. The number of amides is 1. The number of carbonyl (C=O) groups excluding carboxylic acids is 1. The fraction of sp³-hybridized carbons (Fsp3) is 0.312. The summed E-state index contributed by atoms with van der Waals surface area (Å²) in [4.78, 5) is 21.1. The Balaban J connectivity index is 1.93. The van der Waals surface area contributed by atoms with Crippen molar-refractivity contribution in [2.24, 2.45) is 0 Å². The number of carbonyl (C=O) groups is 1. The molecule has 22 heavy (non-hydrogen) atoms. The number of hydrogen-bond acceptors (Lipinski definition) is 4. The van der Waals surface area contributed by atoms with Crippen LogP contribution in [0.4, 0.5) is 5.13 Å². The molecule has 0 aliphatic rings. The first-order valence-corrected chi connectivity index (χ1v) is 8.05. The molecule has 0 saturated carbocycles. The standard InChI is InChI=1S/C16H18N4OS/c1-9(2)20-11(4)18-13-7-12(5-6-14(13)20)15(21)19-16-17-10(3)8-22-16/h5-9H,1-4H3,(H,17,19,21). The van der Waals surface area contributed by atoms with Gasteiger partial charge < -0.3 is 4.57 Å². The highest BCUT2D eigenvalue weighted by Crippen LogP contribution is 2.22. The number of benzene rings is 1. The number of fused-ring (bicyclic) bond motifs is 1. The van der Waals surface area contributed by atoms with Crippen LogP contribution in [0.3, 0.4) is 0 Å². The molecule has 0 radical (unpaired) electrons. The molecule has 0 spiro atoms. The van der Waals surface area contributed by atoms with E-state index in [4.69, 9.17) is 0 Å². The molecule has 0 atom stereocenters. The van der Waals surface area contributed by atoms with Crippen LogP contribution in [-0.4, -0.2) is 20.4 Å². The van der Waals surface area contributed by atoms with Crippen LogP contribution in [0.2, 0.25) is 0 Å². The molecule has 3 rings (SSSR count). The van der Waals surface area contributed by atoms with Crippen molar-refractivity contribution in [3.8, 4) is 0 Å². The summed E-state index contributed by atoms with van der Waals surface area (Å²) in [6.07, 6.45) is 0. The third kappa shape index (κ3) is 2.62. The van der Waals surface area contributed by atoms with Gasteiger partial charge in [0.1, 0.15) is 5.82 Å². The summed E-state index contributed by atoms with van der Waals surface area (Å²) in [5.41, 5.74) is 3.39. The fourth-order valence-corrected chi connectivity index (χ4v) is 3.28. The summed E-state index contributed by atoms with van der Waals surface area (Å²) >= 11 is 1.42. The van der Waals surface area contributed by atoms with Gasteiger partial charge in [0.2, 0.25) is 0 Å². The van der Waals surface area contributed by atoms with E-state index in [0.29, 0.717) is 16.7 Å². The molecule has 0 bridgehead atoms. The van der Waals surface area contributed by atoms with E-state index in [1.165, 1.54) is 11.3 Å². The van der Waals surface area contributed by atoms with Gasteiger partial charge >= 0.3 is 0 Å². The fourth-order valence-electron chi connectivity index (χ4n) is 2.59. The van der Waals surface area contributed by atoms with Crippen LogP contribution < -0.4 is 5.32 Å². The molecular formula is C16H18N4OS. The third-order valence-corrected chi connectivity index (χ3v) is 4.36. The van der Waals surface area contributed by atoms with E-state index in [1.807, 2.05) is 37.4 Å². The van der Waals surface area contributed by atoms with Gasteiger partial charge in [-0.3, -0.25) is 10.1 Å². The summed E-state index contributed by atoms with van der Waals surface area (Å²) in [5.74, 6) is 0.797. The van der Waals surface area contributed by atoms with Crippen molar-refractivity contribution in [1.82, 2.24) is 14.5 Å². The lowest BCUT2D eigenvalue weighted by Crippen LogP contribution is -2.11. The number of hydrogen-bond donors (Lipinski definition) is 1. The molecule has 1 amide bonds. The van der Waals surface area contributed by atoms with Gasteiger partial charge in [0.15, 0.2) is 5.13 Å². The Morgan fingerprint density at radius 2 is 2.05 bits per heavy atom. The van der Waals surface area contributed by atoms with Gasteiger partial charge in [0.25, 0.3) is 5.91 Å². The highest BCUT2D eigenvalue weighted by atomic mass is 32.1. The van der Waals surface area contributed by atoms with Gasteiger partial charge in [0, 0.05) is 17.0 Å². The Labute approximate surface area is 133 Å². The van der Waals surface area contributed by atoms with Gasteiger partial charge in [-0.15, -0.1) is 11.3 Å². The lowest BCUT2D eigenvalue weighted by atomic mass is 10.2. The molecule has 5 nitrogen and oxygen atoms in total. The zero-order valence-corrected chi connectivity index (χ0v) is 13.9. The van der Waals surface area contributed by atoms with Crippen molar-refractivity contribution >= 4 is 33.4 Å². The molecule has 2 heterocycles. The van der Waals surface area contributed by atoms with Crippen LogP contribution >= 0.6 is 11.3 Å². The number of nitrogens with zero attached hydrogens (tertiary/aromatic N) is 3. The van der Waals surface area contributed by atoms with Gasteiger partial charge in [0.05, 0.1) is 16.7 Å². The molecule has 0 aliphatic heterocycles. The lowest BCUT2D eigenvalue weighted by Gasteiger charge is -2.10. The maximum Gasteiger partial charge on any atom is 0.257 e. The monoisotopic (exact) mass is 314 g/mol. The van der Waals surface area contributed by atoms with Crippen molar-refractivity contribution in [1.29, 1.82) is 0 Å². The van der Waals surface area contributed by atoms with E-state index in [9.17, 15) is 4.79 Å². The van der Waals surface area contributed by atoms with Crippen molar-refractivity contribution < 1.29 is 4.79 Å². The third-order valence-electron chi connectivity index (χ3n) is 3.48. The predicted molar refractivity (Wildman–Crippen MR) is 89.7 cm³/mol. The highest BCUT2D eigenvalue weighted by Gasteiger charge is 2.14. The molecule has 0 saturated heterocycles. The molecule has 1 N–H and O–H groups in total. The Hall–Kier alpha value is -2.21. The first kappa shape index (κ1) is 14.7. The van der Waals surface area contributed by atoms with Gasteiger partial charge in [-0.2, -0.15) is 0 Å². The first-order chi connectivity index (χ1) is 10.5. The molecule has 6 heteroatoms. The summed E-state index contributed by atoms with van der Waals surface area (Å²) < 4.78 is 2.17. The van der Waals surface area contributed by atoms with E-state index in [0.717, 1.165) is 22.6 Å². The second-order valence-corrected chi connectivity index (χ2v) is 6.43. The van der Waals surface area contributed by atoms with Crippen LogP contribution in [0.5, 0.6) is 0 Å². The normalized spacial score (nSPS) is 11.3. The Bertz CT molecular complexity index is 847. The quantitative estimate of drug-likeness (QED) is 0.796. The van der Waals surface area contributed by atoms with E-state index in [-0.39, 0.29) is 5.91 Å². The molecule has 0 unspecified atom stereocenters. The average Bonchev–Trinajstić information content (AvgIpc) is 2.99.